The molecule has 0 amide bonds. The molecule has 1 aromatic heterocycles. The first-order valence-corrected chi connectivity index (χ1v) is 8.10. The van der Waals surface area contributed by atoms with Gasteiger partial charge in [0, 0.05) is 21.9 Å². The highest BCUT2D eigenvalue weighted by atomic mass is 14.7. The molecule has 0 unspecified atom stereocenters. The van der Waals surface area contributed by atoms with Gasteiger partial charge < -0.3 is 4.98 Å². The maximum atomic E-state index is 3.63. The summed E-state index contributed by atoms with van der Waals surface area (Å²) in [5.74, 6) is 0. The molecule has 1 heterocycles. The first-order valence-electron chi connectivity index (χ1n) is 8.10. The van der Waals surface area contributed by atoms with E-state index in [9.17, 15) is 0 Å². The van der Waals surface area contributed by atoms with Crippen LogP contribution in [0.3, 0.4) is 0 Å². The van der Waals surface area contributed by atoms with E-state index in [4.69, 9.17) is 0 Å². The molecule has 110 valence electrons. The van der Waals surface area contributed by atoms with Crippen molar-refractivity contribution in [2.24, 2.45) is 0 Å². The average molecular weight is 295 g/mol. The summed E-state index contributed by atoms with van der Waals surface area (Å²) >= 11 is 0. The summed E-state index contributed by atoms with van der Waals surface area (Å²) in [6, 6.07) is 21.8. The van der Waals surface area contributed by atoms with Gasteiger partial charge in [0.1, 0.15) is 0 Å². The fraction of sp³-hybridized carbons (Fsp3) is 0.0909. The Bertz CT molecular complexity index is 1100. The predicted octanol–water partition coefficient (Wildman–Crippen LogP) is 5.95. The van der Waals surface area contributed by atoms with Crippen LogP contribution >= 0.6 is 0 Å². The summed E-state index contributed by atoms with van der Waals surface area (Å²) in [5, 5.41) is 2.60. The zero-order valence-corrected chi connectivity index (χ0v) is 13.1. The van der Waals surface area contributed by atoms with Gasteiger partial charge in [-0.25, -0.2) is 0 Å². The molecule has 1 N–H and O–H groups in total. The van der Waals surface area contributed by atoms with Crippen LogP contribution in [0.4, 0.5) is 0 Å². The van der Waals surface area contributed by atoms with E-state index >= 15 is 0 Å². The normalized spacial score (nSPS) is 13.5. The van der Waals surface area contributed by atoms with Gasteiger partial charge in [-0.2, -0.15) is 0 Å². The monoisotopic (exact) mass is 295 g/mol. The fourth-order valence-electron chi connectivity index (χ4n) is 3.87. The minimum absolute atomic E-state index is 1.08. The number of para-hydroxylation sites is 2. The standard InChI is InChI=1S/C22H17N/c1-14-12-15-6-4-8-16(20(15)13-14)18-9-5-10-19-17-7-2-3-11-21(17)23-22(18)19/h2-11,13,23H,12H2,1H3. The number of hydrogen-bond donors (Lipinski definition) is 1. The maximum absolute atomic E-state index is 3.63. The minimum atomic E-state index is 1.08. The molecule has 4 aromatic rings. The van der Waals surface area contributed by atoms with Gasteiger partial charge in [0.25, 0.3) is 0 Å². The number of aromatic amines is 1. The minimum Gasteiger partial charge on any atom is -0.354 e. The molecule has 0 aliphatic heterocycles. The number of fused-ring (bicyclic) bond motifs is 4. The quantitative estimate of drug-likeness (QED) is 0.447. The van der Waals surface area contributed by atoms with Crippen molar-refractivity contribution in [3.05, 3.63) is 77.4 Å². The van der Waals surface area contributed by atoms with Gasteiger partial charge in [0.15, 0.2) is 0 Å². The first-order chi connectivity index (χ1) is 11.3. The number of hydrogen-bond acceptors (Lipinski definition) is 0. The van der Waals surface area contributed by atoms with Crippen LogP contribution < -0.4 is 0 Å². The third-order valence-corrected chi connectivity index (χ3v) is 4.89. The predicted molar refractivity (Wildman–Crippen MR) is 98.6 cm³/mol. The summed E-state index contributed by atoms with van der Waals surface area (Å²) in [7, 11) is 0. The third-order valence-electron chi connectivity index (χ3n) is 4.89. The average Bonchev–Trinajstić information content (AvgIpc) is 3.13. The molecule has 0 fully saturated rings. The van der Waals surface area contributed by atoms with Crippen molar-refractivity contribution in [3.63, 3.8) is 0 Å². The Hall–Kier alpha value is -2.80. The molecule has 0 radical (unpaired) electrons. The molecule has 0 saturated heterocycles. The molecule has 3 aromatic carbocycles. The van der Waals surface area contributed by atoms with Crippen molar-refractivity contribution in [1.82, 2.24) is 4.98 Å². The zero-order chi connectivity index (χ0) is 15.4. The second kappa shape index (κ2) is 4.60. The first kappa shape index (κ1) is 12.7. The summed E-state index contributed by atoms with van der Waals surface area (Å²) in [6.45, 7) is 2.22. The SMILES string of the molecule is CC1=Cc2c(cccc2-c2cccc3c2[nH]c2ccccc23)C1. The van der Waals surface area contributed by atoms with E-state index in [0.29, 0.717) is 0 Å². The second-order valence-electron chi connectivity index (χ2n) is 6.44. The number of H-pyrrole nitrogens is 1. The van der Waals surface area contributed by atoms with Gasteiger partial charge >= 0.3 is 0 Å². The lowest BCUT2D eigenvalue weighted by molar-refractivity contribution is 1.20. The van der Waals surface area contributed by atoms with Gasteiger partial charge in [-0.15, -0.1) is 0 Å². The summed E-state index contributed by atoms with van der Waals surface area (Å²) < 4.78 is 0. The molecule has 0 spiro atoms. The highest BCUT2D eigenvalue weighted by Crippen LogP contribution is 2.38. The largest absolute Gasteiger partial charge is 0.354 e. The third kappa shape index (κ3) is 1.80. The number of aromatic nitrogens is 1. The van der Waals surface area contributed by atoms with E-state index in [2.05, 4.69) is 78.6 Å². The lowest BCUT2D eigenvalue weighted by Crippen LogP contribution is -1.88. The van der Waals surface area contributed by atoms with E-state index in [1.165, 1.54) is 49.6 Å². The summed E-state index contributed by atoms with van der Waals surface area (Å²) in [4.78, 5) is 3.63. The Kier molecular flexibility index (Phi) is 2.54. The van der Waals surface area contributed by atoms with Crippen molar-refractivity contribution in [1.29, 1.82) is 0 Å². The Morgan fingerprint density at radius 2 is 1.57 bits per heavy atom. The van der Waals surface area contributed by atoms with Crippen molar-refractivity contribution >= 4 is 27.9 Å². The lowest BCUT2D eigenvalue weighted by atomic mass is 9.95. The van der Waals surface area contributed by atoms with Crippen LogP contribution in [0.1, 0.15) is 18.1 Å². The van der Waals surface area contributed by atoms with Crippen molar-refractivity contribution in [2.75, 3.05) is 0 Å². The molecule has 0 bridgehead atoms. The van der Waals surface area contributed by atoms with Crippen LogP contribution in [0, 0.1) is 0 Å². The number of benzene rings is 3. The number of rotatable bonds is 1. The van der Waals surface area contributed by atoms with E-state index in [0.717, 1.165) is 6.42 Å². The van der Waals surface area contributed by atoms with Gasteiger partial charge in [-0.05, 0) is 36.1 Å². The van der Waals surface area contributed by atoms with Crippen molar-refractivity contribution < 1.29 is 0 Å². The molecule has 1 nitrogen and oxygen atoms in total. The van der Waals surface area contributed by atoms with Crippen LogP contribution in [0.15, 0.2) is 66.2 Å². The van der Waals surface area contributed by atoms with E-state index < -0.39 is 0 Å². The van der Waals surface area contributed by atoms with Crippen LogP contribution in [0.5, 0.6) is 0 Å². The molecule has 23 heavy (non-hydrogen) atoms. The van der Waals surface area contributed by atoms with Gasteiger partial charge in [-0.1, -0.05) is 66.2 Å². The van der Waals surface area contributed by atoms with Crippen molar-refractivity contribution in [3.8, 4) is 11.1 Å². The van der Waals surface area contributed by atoms with E-state index in [-0.39, 0.29) is 0 Å². The molecule has 1 aliphatic carbocycles. The highest BCUT2D eigenvalue weighted by molar-refractivity contribution is 6.12. The molecular formula is C22H17N. The summed E-state index contributed by atoms with van der Waals surface area (Å²) in [6.07, 6.45) is 3.41. The maximum Gasteiger partial charge on any atom is 0.0544 e. The zero-order valence-electron chi connectivity index (χ0n) is 13.1. The van der Waals surface area contributed by atoms with Crippen LogP contribution in [0.25, 0.3) is 39.0 Å². The Balaban J connectivity index is 1.87. The highest BCUT2D eigenvalue weighted by Gasteiger charge is 2.16. The molecule has 0 saturated carbocycles. The lowest BCUT2D eigenvalue weighted by Gasteiger charge is -2.09. The van der Waals surface area contributed by atoms with Crippen LogP contribution in [-0.4, -0.2) is 4.98 Å². The molecule has 1 heteroatoms. The Labute approximate surface area is 135 Å². The Morgan fingerprint density at radius 1 is 0.783 bits per heavy atom. The van der Waals surface area contributed by atoms with Gasteiger partial charge in [0.2, 0.25) is 0 Å². The van der Waals surface area contributed by atoms with E-state index in [1.54, 1.807) is 0 Å². The van der Waals surface area contributed by atoms with Crippen LogP contribution in [0.2, 0.25) is 0 Å². The number of nitrogens with one attached hydrogen (secondary N) is 1. The summed E-state index contributed by atoms with van der Waals surface area (Å²) in [5.41, 5.74) is 9.33. The molecular weight excluding hydrogens is 278 g/mol. The molecule has 5 rings (SSSR count). The van der Waals surface area contributed by atoms with Gasteiger partial charge in [0.05, 0.1) is 5.52 Å². The smallest absolute Gasteiger partial charge is 0.0544 e. The molecule has 0 atom stereocenters. The topological polar surface area (TPSA) is 15.8 Å². The van der Waals surface area contributed by atoms with E-state index in [1.807, 2.05) is 0 Å². The molecule has 1 aliphatic rings. The van der Waals surface area contributed by atoms with Crippen LogP contribution in [-0.2, 0) is 6.42 Å². The fourth-order valence-corrected chi connectivity index (χ4v) is 3.87. The number of allylic oxidation sites excluding steroid dienone is 1. The van der Waals surface area contributed by atoms with Crippen molar-refractivity contribution in [2.45, 2.75) is 13.3 Å². The Morgan fingerprint density at radius 3 is 2.52 bits per heavy atom. The second-order valence-corrected chi connectivity index (χ2v) is 6.44. The van der Waals surface area contributed by atoms with Gasteiger partial charge in [-0.3, -0.25) is 0 Å².